The van der Waals surface area contributed by atoms with Gasteiger partial charge in [-0.15, -0.1) is 11.3 Å². The number of rotatable bonds is 10. The van der Waals surface area contributed by atoms with E-state index in [1.807, 2.05) is 48.6 Å². The molecule has 3 heterocycles. The van der Waals surface area contributed by atoms with Crippen LogP contribution in [-0.2, 0) is 17.7 Å². The highest BCUT2D eigenvalue weighted by atomic mass is 32.1. The molecular weight excluding hydrogens is 542 g/mol. The van der Waals surface area contributed by atoms with Gasteiger partial charge in [0, 0.05) is 18.5 Å². The lowest BCUT2D eigenvalue weighted by Crippen LogP contribution is -2.35. The zero-order valence-corrected chi connectivity index (χ0v) is 24.2. The van der Waals surface area contributed by atoms with Gasteiger partial charge in [-0.3, -0.25) is 14.5 Å². The Kier molecular flexibility index (Phi) is 8.32. The van der Waals surface area contributed by atoms with E-state index in [1.54, 1.807) is 49.3 Å². The number of benzene rings is 2. The molecule has 0 spiro atoms. The Labute approximate surface area is 241 Å². The van der Waals surface area contributed by atoms with Crippen molar-refractivity contribution in [2.45, 2.75) is 26.1 Å². The smallest absolute Gasteiger partial charge is 0.338 e. The molecule has 41 heavy (non-hydrogen) atoms. The highest BCUT2D eigenvalue weighted by molar-refractivity contribution is 7.16. The van der Waals surface area contributed by atoms with Gasteiger partial charge in [0.2, 0.25) is 0 Å². The SMILES string of the molecule is CCOC(=O)c1ccc(OCCc2csc3nc4c(cc(=O)c23)C(N(C)C)N(Cc2cccc(OC)c2)C4=O)cc1. The summed E-state index contributed by atoms with van der Waals surface area (Å²) in [6, 6.07) is 15.9. The number of aromatic nitrogens is 1. The second-order valence-corrected chi connectivity index (χ2v) is 10.7. The predicted molar refractivity (Wildman–Crippen MR) is 157 cm³/mol. The van der Waals surface area contributed by atoms with Gasteiger partial charge in [-0.05, 0) is 80.0 Å². The number of hydrogen-bond acceptors (Lipinski definition) is 9. The number of fused-ring (bicyclic) bond motifs is 2. The molecule has 2 aromatic heterocycles. The zero-order chi connectivity index (χ0) is 29.1. The van der Waals surface area contributed by atoms with Crippen molar-refractivity contribution in [3.05, 3.63) is 98.1 Å². The topological polar surface area (TPSA) is 98.3 Å². The number of hydrogen-bond donors (Lipinski definition) is 0. The first-order valence-electron chi connectivity index (χ1n) is 13.3. The van der Waals surface area contributed by atoms with E-state index in [0.717, 1.165) is 11.1 Å². The zero-order valence-electron chi connectivity index (χ0n) is 23.4. The van der Waals surface area contributed by atoms with Crippen LogP contribution in [0.2, 0.25) is 0 Å². The average Bonchev–Trinajstić information content (AvgIpc) is 3.43. The standard InChI is InChI=1S/C31H31N3O6S/c1-5-39-31(37)20-9-11-22(12-10-20)40-14-13-21-18-41-28-26(21)25(35)16-24-27(32-28)30(36)34(29(24)33(2)3)17-19-7-6-8-23(15-19)38-4/h6-12,15-16,18,29H,5,13-14,17H2,1-4H3. The minimum atomic E-state index is -0.435. The normalized spacial score (nSPS) is 14.4. The number of methoxy groups -OCH3 is 1. The van der Waals surface area contributed by atoms with Gasteiger partial charge in [0.25, 0.3) is 5.91 Å². The van der Waals surface area contributed by atoms with Crippen LogP contribution in [0.1, 0.15) is 50.6 Å². The van der Waals surface area contributed by atoms with E-state index in [4.69, 9.17) is 19.2 Å². The molecule has 2 aromatic carbocycles. The average molecular weight is 574 g/mol. The quantitative estimate of drug-likeness (QED) is 0.252. The van der Waals surface area contributed by atoms with Crippen LogP contribution in [-0.4, -0.2) is 61.1 Å². The Morgan fingerprint density at radius 3 is 2.56 bits per heavy atom. The third-order valence-corrected chi connectivity index (χ3v) is 7.81. The molecule has 0 radical (unpaired) electrons. The first-order chi connectivity index (χ1) is 19.8. The van der Waals surface area contributed by atoms with Crippen LogP contribution in [0.25, 0.3) is 10.2 Å². The molecule has 1 atom stereocenters. The van der Waals surface area contributed by atoms with Gasteiger partial charge < -0.3 is 19.1 Å². The summed E-state index contributed by atoms with van der Waals surface area (Å²) in [6.45, 7) is 2.76. The van der Waals surface area contributed by atoms with Crippen molar-refractivity contribution in [2.75, 3.05) is 34.4 Å². The molecule has 0 saturated carbocycles. The summed E-state index contributed by atoms with van der Waals surface area (Å²) in [6.07, 6.45) is 0.0490. The van der Waals surface area contributed by atoms with Crippen LogP contribution in [0.5, 0.6) is 11.5 Å². The number of ether oxygens (including phenoxy) is 3. The predicted octanol–water partition coefficient (Wildman–Crippen LogP) is 4.68. The molecule has 0 N–H and O–H groups in total. The molecule has 5 rings (SSSR count). The molecule has 9 nitrogen and oxygen atoms in total. The maximum absolute atomic E-state index is 13.7. The van der Waals surface area contributed by atoms with Crippen LogP contribution < -0.4 is 14.9 Å². The van der Waals surface area contributed by atoms with Gasteiger partial charge >= 0.3 is 5.97 Å². The van der Waals surface area contributed by atoms with Gasteiger partial charge in [0.1, 0.15) is 28.2 Å². The number of esters is 1. The van der Waals surface area contributed by atoms with Crippen molar-refractivity contribution in [2.24, 2.45) is 0 Å². The molecule has 1 aliphatic heterocycles. The van der Waals surface area contributed by atoms with Crippen LogP contribution >= 0.6 is 11.3 Å². The number of nitrogens with zero attached hydrogens (tertiary/aromatic N) is 3. The molecular formula is C31H31N3O6S. The lowest BCUT2D eigenvalue weighted by Gasteiger charge is -2.30. The minimum absolute atomic E-state index is 0.174. The summed E-state index contributed by atoms with van der Waals surface area (Å²) in [4.78, 5) is 48.0. The largest absolute Gasteiger partial charge is 0.497 e. The van der Waals surface area contributed by atoms with E-state index in [9.17, 15) is 14.4 Å². The van der Waals surface area contributed by atoms with Crippen LogP contribution in [0.3, 0.4) is 0 Å². The molecule has 10 heteroatoms. The minimum Gasteiger partial charge on any atom is -0.497 e. The van der Waals surface area contributed by atoms with E-state index in [-0.39, 0.29) is 17.3 Å². The monoisotopic (exact) mass is 573 g/mol. The van der Waals surface area contributed by atoms with Crippen molar-refractivity contribution in [1.82, 2.24) is 14.8 Å². The van der Waals surface area contributed by atoms with Crippen LogP contribution in [0.4, 0.5) is 0 Å². The van der Waals surface area contributed by atoms with E-state index >= 15 is 0 Å². The molecule has 1 aliphatic rings. The van der Waals surface area contributed by atoms with Crippen molar-refractivity contribution >= 4 is 33.4 Å². The fraction of sp³-hybridized carbons (Fsp3) is 0.290. The summed E-state index contributed by atoms with van der Waals surface area (Å²) >= 11 is 1.35. The van der Waals surface area contributed by atoms with Gasteiger partial charge in [-0.25, -0.2) is 9.78 Å². The maximum atomic E-state index is 13.7. The number of thiophene rings is 1. The van der Waals surface area contributed by atoms with Crippen molar-refractivity contribution in [1.29, 1.82) is 0 Å². The fourth-order valence-electron chi connectivity index (χ4n) is 5.01. The number of amides is 1. The summed E-state index contributed by atoms with van der Waals surface area (Å²) in [7, 11) is 5.37. The molecule has 4 aromatic rings. The second kappa shape index (κ2) is 12.1. The molecule has 212 valence electrons. The first-order valence-corrected chi connectivity index (χ1v) is 14.1. The van der Waals surface area contributed by atoms with Gasteiger partial charge in [-0.2, -0.15) is 0 Å². The van der Waals surface area contributed by atoms with Crippen molar-refractivity contribution in [3.8, 4) is 11.5 Å². The van der Waals surface area contributed by atoms with E-state index in [1.165, 1.54) is 11.3 Å². The Bertz CT molecular complexity index is 1650. The fourth-order valence-corrected chi connectivity index (χ4v) is 5.99. The molecule has 0 fully saturated rings. The Morgan fingerprint density at radius 2 is 1.85 bits per heavy atom. The van der Waals surface area contributed by atoms with Crippen LogP contribution in [0.15, 0.2) is 64.8 Å². The van der Waals surface area contributed by atoms with Crippen molar-refractivity contribution in [3.63, 3.8) is 0 Å². The summed E-state index contributed by atoms with van der Waals surface area (Å²) in [5.41, 5.74) is 2.92. The Balaban J connectivity index is 1.37. The second-order valence-electron chi connectivity index (χ2n) is 9.83. The maximum Gasteiger partial charge on any atom is 0.338 e. The number of carbonyl (C=O) groups is 2. The van der Waals surface area contributed by atoms with Crippen LogP contribution in [0, 0.1) is 0 Å². The number of carbonyl (C=O) groups excluding carboxylic acids is 2. The molecule has 1 amide bonds. The highest BCUT2D eigenvalue weighted by Crippen LogP contribution is 2.36. The highest BCUT2D eigenvalue weighted by Gasteiger charge is 2.39. The molecule has 0 aliphatic carbocycles. The molecule has 0 saturated heterocycles. The van der Waals surface area contributed by atoms with Gasteiger partial charge in [0.15, 0.2) is 5.43 Å². The third-order valence-electron chi connectivity index (χ3n) is 6.89. The first kappa shape index (κ1) is 28.3. The van der Waals surface area contributed by atoms with E-state index < -0.39 is 6.17 Å². The van der Waals surface area contributed by atoms with E-state index in [0.29, 0.717) is 64.7 Å². The van der Waals surface area contributed by atoms with E-state index in [2.05, 4.69) is 0 Å². The third kappa shape index (κ3) is 5.79. The summed E-state index contributed by atoms with van der Waals surface area (Å²) in [5, 5.41) is 2.41. The summed E-state index contributed by atoms with van der Waals surface area (Å²) < 4.78 is 16.2. The van der Waals surface area contributed by atoms with Gasteiger partial charge in [0.05, 0.1) is 31.3 Å². The Hall–Kier alpha value is -4.28. The molecule has 1 unspecified atom stereocenters. The summed E-state index contributed by atoms with van der Waals surface area (Å²) in [5.74, 6) is 0.725. The van der Waals surface area contributed by atoms with Gasteiger partial charge in [-0.1, -0.05) is 12.1 Å². The van der Waals surface area contributed by atoms with Crippen molar-refractivity contribution < 1.29 is 23.8 Å². The molecule has 0 bridgehead atoms. The lowest BCUT2D eigenvalue weighted by atomic mass is 10.1. The Morgan fingerprint density at radius 1 is 1.07 bits per heavy atom. The lowest BCUT2D eigenvalue weighted by molar-refractivity contribution is 0.0505.